The standard InChI is InChI=1S/C19H20ClNO5/c1-24-17-9-13(12-22)8-15(11-17)18(14-4-3-5-16(20)10-14)26-7-6-21-19(23)25-2/h3-5,8-12,18H,6-7H2,1-2H3,(H,21,23). The van der Waals surface area contributed by atoms with E-state index in [4.69, 9.17) is 21.1 Å². The molecule has 0 fully saturated rings. The Balaban J connectivity index is 2.28. The summed E-state index contributed by atoms with van der Waals surface area (Å²) in [6.45, 7) is 0.508. The molecule has 0 saturated heterocycles. The van der Waals surface area contributed by atoms with Gasteiger partial charge in [0.05, 0.1) is 20.8 Å². The van der Waals surface area contributed by atoms with Crippen molar-refractivity contribution < 1.29 is 23.8 Å². The molecule has 1 unspecified atom stereocenters. The lowest BCUT2D eigenvalue weighted by molar-refractivity contribution is 0.0804. The van der Waals surface area contributed by atoms with Gasteiger partial charge >= 0.3 is 6.09 Å². The lowest BCUT2D eigenvalue weighted by Crippen LogP contribution is -2.27. The zero-order valence-electron chi connectivity index (χ0n) is 14.5. The van der Waals surface area contributed by atoms with Crippen molar-refractivity contribution in [1.29, 1.82) is 0 Å². The number of aldehydes is 1. The molecule has 1 N–H and O–H groups in total. The van der Waals surface area contributed by atoms with Crippen molar-refractivity contribution >= 4 is 24.0 Å². The molecule has 0 saturated carbocycles. The van der Waals surface area contributed by atoms with E-state index in [0.717, 1.165) is 17.4 Å². The van der Waals surface area contributed by atoms with E-state index in [1.165, 1.54) is 14.2 Å². The number of hydrogen-bond acceptors (Lipinski definition) is 5. The molecule has 138 valence electrons. The molecule has 26 heavy (non-hydrogen) atoms. The van der Waals surface area contributed by atoms with Gasteiger partial charge in [-0.05, 0) is 41.5 Å². The number of methoxy groups -OCH3 is 2. The molecule has 0 bridgehead atoms. The quantitative estimate of drug-likeness (QED) is 0.561. The summed E-state index contributed by atoms with van der Waals surface area (Å²) in [5.41, 5.74) is 2.04. The van der Waals surface area contributed by atoms with E-state index in [1.807, 2.05) is 12.1 Å². The maximum Gasteiger partial charge on any atom is 0.406 e. The SMILES string of the molecule is COC(=O)NCCOC(c1cccc(Cl)c1)c1cc(C=O)cc(OC)c1. The number of ether oxygens (including phenoxy) is 3. The Bertz CT molecular complexity index is 765. The second kappa shape index (κ2) is 9.79. The summed E-state index contributed by atoms with van der Waals surface area (Å²) < 4.78 is 15.8. The number of rotatable bonds is 8. The van der Waals surface area contributed by atoms with Crippen LogP contribution in [-0.4, -0.2) is 39.8 Å². The summed E-state index contributed by atoms with van der Waals surface area (Å²) in [6, 6.07) is 12.4. The molecule has 7 heteroatoms. The Morgan fingerprint density at radius 3 is 2.65 bits per heavy atom. The van der Waals surface area contributed by atoms with Crippen LogP contribution in [0.5, 0.6) is 5.75 Å². The highest BCUT2D eigenvalue weighted by molar-refractivity contribution is 6.30. The van der Waals surface area contributed by atoms with Crippen LogP contribution in [-0.2, 0) is 9.47 Å². The van der Waals surface area contributed by atoms with Gasteiger partial charge in [0.15, 0.2) is 0 Å². The van der Waals surface area contributed by atoms with Crippen molar-refractivity contribution in [3.63, 3.8) is 0 Å². The second-order valence-corrected chi connectivity index (χ2v) is 5.82. The molecule has 0 aliphatic rings. The van der Waals surface area contributed by atoms with Gasteiger partial charge in [0.2, 0.25) is 0 Å². The molecule has 0 heterocycles. The lowest BCUT2D eigenvalue weighted by Gasteiger charge is -2.20. The van der Waals surface area contributed by atoms with Crippen molar-refractivity contribution in [3.8, 4) is 5.75 Å². The van der Waals surface area contributed by atoms with Gasteiger partial charge < -0.3 is 19.5 Å². The fourth-order valence-electron chi connectivity index (χ4n) is 2.44. The molecule has 2 aromatic rings. The van der Waals surface area contributed by atoms with Crippen LogP contribution in [0.4, 0.5) is 4.79 Å². The number of nitrogens with one attached hydrogen (secondary N) is 1. The zero-order chi connectivity index (χ0) is 18.9. The number of amides is 1. The molecule has 1 atom stereocenters. The average Bonchev–Trinajstić information content (AvgIpc) is 2.67. The van der Waals surface area contributed by atoms with E-state index in [0.29, 0.717) is 16.3 Å². The molecular formula is C19H20ClNO5. The number of halogens is 1. The van der Waals surface area contributed by atoms with E-state index in [9.17, 15) is 9.59 Å². The topological polar surface area (TPSA) is 73.9 Å². The van der Waals surface area contributed by atoms with Crippen LogP contribution in [0.3, 0.4) is 0 Å². The summed E-state index contributed by atoms with van der Waals surface area (Å²) in [4.78, 5) is 22.4. The van der Waals surface area contributed by atoms with Crippen LogP contribution in [0, 0.1) is 0 Å². The molecule has 2 rings (SSSR count). The largest absolute Gasteiger partial charge is 0.497 e. The lowest BCUT2D eigenvalue weighted by atomic mass is 9.99. The van der Waals surface area contributed by atoms with Gasteiger partial charge in [0.1, 0.15) is 18.1 Å². The van der Waals surface area contributed by atoms with Crippen LogP contribution in [0.2, 0.25) is 5.02 Å². The highest BCUT2D eigenvalue weighted by Crippen LogP contribution is 2.30. The first-order chi connectivity index (χ1) is 12.6. The molecule has 2 aromatic carbocycles. The van der Waals surface area contributed by atoms with Gasteiger partial charge in [-0.2, -0.15) is 0 Å². The van der Waals surface area contributed by atoms with Gasteiger partial charge in [-0.25, -0.2) is 4.79 Å². The number of carbonyl (C=O) groups excluding carboxylic acids is 2. The molecular weight excluding hydrogens is 358 g/mol. The number of hydrogen-bond donors (Lipinski definition) is 1. The number of alkyl carbamates (subject to hydrolysis) is 1. The molecule has 0 aromatic heterocycles. The van der Waals surface area contributed by atoms with E-state index in [2.05, 4.69) is 10.1 Å². The fraction of sp³-hybridized carbons (Fsp3) is 0.263. The minimum absolute atomic E-state index is 0.236. The molecule has 6 nitrogen and oxygen atoms in total. The zero-order valence-corrected chi connectivity index (χ0v) is 15.3. The van der Waals surface area contributed by atoms with Gasteiger partial charge in [-0.3, -0.25) is 4.79 Å². The predicted molar refractivity (Wildman–Crippen MR) is 98.0 cm³/mol. The van der Waals surface area contributed by atoms with Crippen LogP contribution in [0.15, 0.2) is 42.5 Å². The van der Waals surface area contributed by atoms with E-state index in [1.54, 1.807) is 30.3 Å². The summed E-state index contributed by atoms with van der Waals surface area (Å²) in [5.74, 6) is 0.549. The molecule has 0 spiro atoms. The maximum atomic E-state index is 11.2. The van der Waals surface area contributed by atoms with Gasteiger partial charge in [0.25, 0.3) is 0 Å². The summed E-state index contributed by atoms with van der Waals surface area (Å²) in [6.07, 6.45) is -0.265. The van der Waals surface area contributed by atoms with E-state index in [-0.39, 0.29) is 13.2 Å². The maximum absolute atomic E-state index is 11.2. The van der Waals surface area contributed by atoms with Crippen LogP contribution < -0.4 is 10.1 Å². The van der Waals surface area contributed by atoms with Crippen molar-refractivity contribution in [3.05, 3.63) is 64.2 Å². The van der Waals surface area contributed by atoms with Gasteiger partial charge in [-0.15, -0.1) is 0 Å². The predicted octanol–water partition coefficient (Wildman–Crippen LogP) is 3.62. The Kier molecular flexibility index (Phi) is 7.44. The second-order valence-electron chi connectivity index (χ2n) is 5.38. The Morgan fingerprint density at radius 2 is 2.00 bits per heavy atom. The van der Waals surface area contributed by atoms with Crippen molar-refractivity contribution in [1.82, 2.24) is 5.32 Å². The third-order valence-corrected chi connectivity index (χ3v) is 3.85. The first-order valence-corrected chi connectivity index (χ1v) is 8.28. The highest BCUT2D eigenvalue weighted by atomic mass is 35.5. The van der Waals surface area contributed by atoms with Crippen LogP contribution in [0.1, 0.15) is 27.6 Å². The Hall–Kier alpha value is -2.57. The monoisotopic (exact) mass is 377 g/mol. The molecule has 0 radical (unpaired) electrons. The highest BCUT2D eigenvalue weighted by Gasteiger charge is 2.17. The normalized spacial score (nSPS) is 11.5. The summed E-state index contributed by atoms with van der Waals surface area (Å²) in [5, 5.41) is 3.13. The van der Waals surface area contributed by atoms with Gasteiger partial charge in [-0.1, -0.05) is 23.7 Å². The van der Waals surface area contributed by atoms with Crippen molar-refractivity contribution in [2.45, 2.75) is 6.10 Å². The summed E-state index contributed by atoms with van der Waals surface area (Å²) >= 11 is 6.11. The number of benzene rings is 2. The molecule has 1 amide bonds. The fourth-order valence-corrected chi connectivity index (χ4v) is 2.64. The van der Waals surface area contributed by atoms with Crippen molar-refractivity contribution in [2.75, 3.05) is 27.4 Å². The van der Waals surface area contributed by atoms with E-state index >= 15 is 0 Å². The number of carbonyl (C=O) groups is 2. The molecule has 0 aliphatic carbocycles. The Morgan fingerprint density at radius 1 is 1.19 bits per heavy atom. The van der Waals surface area contributed by atoms with Crippen LogP contribution in [0.25, 0.3) is 0 Å². The van der Waals surface area contributed by atoms with E-state index < -0.39 is 12.2 Å². The third-order valence-electron chi connectivity index (χ3n) is 3.62. The molecule has 0 aliphatic heterocycles. The first-order valence-electron chi connectivity index (χ1n) is 7.90. The average molecular weight is 378 g/mol. The van der Waals surface area contributed by atoms with Gasteiger partial charge in [0, 0.05) is 17.1 Å². The smallest absolute Gasteiger partial charge is 0.406 e. The summed E-state index contributed by atoms with van der Waals surface area (Å²) in [7, 11) is 2.82. The van der Waals surface area contributed by atoms with Crippen LogP contribution >= 0.6 is 11.6 Å². The Labute approximate surface area is 157 Å². The van der Waals surface area contributed by atoms with Crippen molar-refractivity contribution in [2.24, 2.45) is 0 Å². The third kappa shape index (κ3) is 5.47. The first kappa shape index (κ1) is 19.8. The minimum atomic E-state index is -0.530. The minimum Gasteiger partial charge on any atom is -0.497 e.